The van der Waals surface area contributed by atoms with Gasteiger partial charge in [0.1, 0.15) is 5.82 Å². The van der Waals surface area contributed by atoms with Gasteiger partial charge in [-0.3, -0.25) is 0 Å². The SMILES string of the molecule is C[C@H]1Nc2cc(/C=C/c3c(F)cccc3Cl)ccc2C[C@H]1O. The largest absolute Gasteiger partial charge is 0.391 e. The molecule has 2 aromatic carbocycles. The standard InChI is InChI=1S/C18H17ClFNO/c1-11-18(22)10-13-7-5-12(9-17(13)21-11)6-8-14-15(19)3-2-4-16(14)20/h2-9,11,18,21-22H,10H2,1H3/b8-6+/t11-,18-/m1/s1. The molecule has 0 bridgehead atoms. The second kappa shape index (κ2) is 6.11. The third kappa shape index (κ3) is 3.01. The minimum atomic E-state index is -0.369. The molecule has 0 saturated carbocycles. The molecule has 3 rings (SSSR count). The van der Waals surface area contributed by atoms with Crippen LogP contribution in [0.5, 0.6) is 0 Å². The summed E-state index contributed by atoms with van der Waals surface area (Å²) in [7, 11) is 0. The van der Waals surface area contributed by atoms with Crippen LogP contribution in [0.2, 0.25) is 5.02 Å². The lowest BCUT2D eigenvalue weighted by Gasteiger charge is -2.29. The predicted octanol–water partition coefficient (Wildman–Crippen LogP) is 4.37. The molecule has 1 aliphatic rings. The van der Waals surface area contributed by atoms with E-state index in [0.29, 0.717) is 17.0 Å². The van der Waals surface area contributed by atoms with Gasteiger partial charge >= 0.3 is 0 Å². The number of aliphatic hydroxyl groups is 1. The van der Waals surface area contributed by atoms with Gasteiger partial charge in [0.2, 0.25) is 0 Å². The quantitative estimate of drug-likeness (QED) is 0.806. The summed E-state index contributed by atoms with van der Waals surface area (Å²) in [4.78, 5) is 0. The summed E-state index contributed by atoms with van der Waals surface area (Å²) in [5.41, 5.74) is 3.44. The monoisotopic (exact) mass is 317 g/mol. The van der Waals surface area contributed by atoms with E-state index >= 15 is 0 Å². The van der Waals surface area contributed by atoms with Crippen LogP contribution in [0.1, 0.15) is 23.6 Å². The molecule has 0 fully saturated rings. The summed E-state index contributed by atoms with van der Waals surface area (Å²) < 4.78 is 13.7. The Kier molecular flexibility index (Phi) is 4.19. The normalized spacial score (nSPS) is 20.7. The molecule has 2 nitrogen and oxygen atoms in total. The second-order valence-electron chi connectivity index (χ2n) is 5.59. The molecule has 4 heteroatoms. The van der Waals surface area contributed by atoms with Gasteiger partial charge in [0, 0.05) is 23.7 Å². The van der Waals surface area contributed by atoms with E-state index in [-0.39, 0.29) is 18.0 Å². The van der Waals surface area contributed by atoms with Crippen LogP contribution in [0.15, 0.2) is 36.4 Å². The first-order chi connectivity index (χ1) is 10.5. The lowest BCUT2D eigenvalue weighted by molar-refractivity contribution is 0.154. The van der Waals surface area contributed by atoms with Crippen LogP contribution in [0.25, 0.3) is 12.2 Å². The van der Waals surface area contributed by atoms with Gasteiger partial charge in [0.15, 0.2) is 0 Å². The van der Waals surface area contributed by atoms with E-state index in [9.17, 15) is 9.50 Å². The number of benzene rings is 2. The maximum absolute atomic E-state index is 13.7. The molecule has 0 aromatic heterocycles. The highest BCUT2D eigenvalue weighted by molar-refractivity contribution is 6.32. The molecule has 2 N–H and O–H groups in total. The van der Waals surface area contributed by atoms with Crippen LogP contribution in [0.3, 0.4) is 0 Å². The van der Waals surface area contributed by atoms with Gasteiger partial charge in [-0.05, 0) is 42.3 Å². The molecule has 0 saturated heterocycles. The zero-order valence-corrected chi connectivity index (χ0v) is 12.9. The van der Waals surface area contributed by atoms with Gasteiger partial charge in [0.05, 0.1) is 11.1 Å². The molecular formula is C18H17ClFNO. The van der Waals surface area contributed by atoms with E-state index in [0.717, 1.165) is 16.8 Å². The van der Waals surface area contributed by atoms with Crippen molar-refractivity contribution in [3.05, 3.63) is 63.9 Å². The van der Waals surface area contributed by atoms with Crippen LogP contribution in [0.4, 0.5) is 10.1 Å². The highest BCUT2D eigenvalue weighted by Crippen LogP contribution is 2.27. The van der Waals surface area contributed by atoms with Crippen LogP contribution < -0.4 is 5.32 Å². The van der Waals surface area contributed by atoms with Crippen molar-refractivity contribution in [3.63, 3.8) is 0 Å². The van der Waals surface area contributed by atoms with E-state index in [1.54, 1.807) is 18.2 Å². The van der Waals surface area contributed by atoms with Crippen molar-refractivity contribution in [2.75, 3.05) is 5.32 Å². The van der Waals surface area contributed by atoms with Crippen LogP contribution in [0, 0.1) is 5.82 Å². The van der Waals surface area contributed by atoms with E-state index in [2.05, 4.69) is 5.32 Å². The average Bonchev–Trinajstić information content (AvgIpc) is 2.48. The summed E-state index contributed by atoms with van der Waals surface area (Å²) in [5.74, 6) is -0.337. The summed E-state index contributed by atoms with van der Waals surface area (Å²) in [6.45, 7) is 1.95. The molecule has 0 aliphatic carbocycles. The number of hydrogen-bond acceptors (Lipinski definition) is 2. The van der Waals surface area contributed by atoms with Gasteiger partial charge in [0.25, 0.3) is 0 Å². The van der Waals surface area contributed by atoms with E-state index < -0.39 is 0 Å². The summed E-state index contributed by atoms with van der Waals surface area (Å²) in [6, 6.07) is 10.6. The highest BCUT2D eigenvalue weighted by Gasteiger charge is 2.22. The van der Waals surface area contributed by atoms with Crippen molar-refractivity contribution < 1.29 is 9.50 Å². The van der Waals surface area contributed by atoms with Crippen LogP contribution >= 0.6 is 11.6 Å². The topological polar surface area (TPSA) is 32.3 Å². The Morgan fingerprint density at radius 3 is 2.86 bits per heavy atom. The Bertz CT molecular complexity index is 709. The molecule has 0 unspecified atom stereocenters. The third-order valence-electron chi connectivity index (χ3n) is 3.97. The van der Waals surface area contributed by atoms with E-state index in [1.165, 1.54) is 6.07 Å². The second-order valence-corrected chi connectivity index (χ2v) is 6.00. The zero-order chi connectivity index (χ0) is 15.7. The first kappa shape index (κ1) is 15.1. The van der Waals surface area contributed by atoms with Crippen molar-refractivity contribution in [1.82, 2.24) is 0 Å². The molecule has 1 heterocycles. The Morgan fingerprint density at radius 2 is 2.09 bits per heavy atom. The third-order valence-corrected chi connectivity index (χ3v) is 4.30. The number of nitrogens with one attached hydrogen (secondary N) is 1. The fourth-order valence-electron chi connectivity index (χ4n) is 2.60. The van der Waals surface area contributed by atoms with E-state index in [4.69, 9.17) is 11.6 Å². The number of rotatable bonds is 2. The van der Waals surface area contributed by atoms with Crippen molar-refractivity contribution in [3.8, 4) is 0 Å². The molecule has 2 aromatic rings. The highest BCUT2D eigenvalue weighted by atomic mass is 35.5. The number of aliphatic hydroxyl groups excluding tert-OH is 1. The summed E-state index contributed by atoms with van der Waals surface area (Å²) in [5, 5.41) is 13.6. The lowest BCUT2D eigenvalue weighted by Crippen LogP contribution is -2.36. The van der Waals surface area contributed by atoms with Crippen molar-refractivity contribution in [1.29, 1.82) is 0 Å². The number of anilines is 1. The lowest BCUT2D eigenvalue weighted by atomic mass is 9.95. The van der Waals surface area contributed by atoms with Crippen LogP contribution in [-0.4, -0.2) is 17.3 Å². The minimum Gasteiger partial charge on any atom is -0.391 e. The first-order valence-corrected chi connectivity index (χ1v) is 7.62. The van der Waals surface area contributed by atoms with Crippen molar-refractivity contribution in [2.45, 2.75) is 25.5 Å². The van der Waals surface area contributed by atoms with Gasteiger partial charge in [-0.1, -0.05) is 35.9 Å². The Labute approximate surface area is 134 Å². The van der Waals surface area contributed by atoms with E-state index in [1.807, 2.05) is 31.2 Å². The molecular weight excluding hydrogens is 301 g/mol. The molecule has 1 aliphatic heterocycles. The smallest absolute Gasteiger partial charge is 0.131 e. The maximum Gasteiger partial charge on any atom is 0.131 e. The minimum absolute atomic E-state index is 0.0211. The molecule has 0 radical (unpaired) electrons. The van der Waals surface area contributed by atoms with Crippen molar-refractivity contribution in [2.24, 2.45) is 0 Å². The number of fused-ring (bicyclic) bond motifs is 1. The first-order valence-electron chi connectivity index (χ1n) is 7.24. The van der Waals surface area contributed by atoms with Gasteiger partial charge < -0.3 is 10.4 Å². The summed E-state index contributed by atoms with van der Waals surface area (Å²) >= 11 is 6.01. The number of halogens is 2. The van der Waals surface area contributed by atoms with Gasteiger partial charge in [-0.2, -0.15) is 0 Å². The Balaban J connectivity index is 1.88. The van der Waals surface area contributed by atoms with Gasteiger partial charge in [-0.15, -0.1) is 0 Å². The molecule has 22 heavy (non-hydrogen) atoms. The maximum atomic E-state index is 13.7. The zero-order valence-electron chi connectivity index (χ0n) is 12.2. The van der Waals surface area contributed by atoms with Crippen LogP contribution in [-0.2, 0) is 6.42 Å². The summed E-state index contributed by atoms with van der Waals surface area (Å²) in [6.07, 6.45) is 3.79. The van der Waals surface area contributed by atoms with Gasteiger partial charge in [-0.25, -0.2) is 4.39 Å². The average molecular weight is 318 g/mol. The molecule has 0 amide bonds. The fraction of sp³-hybridized carbons (Fsp3) is 0.222. The Hall–Kier alpha value is -1.84. The molecule has 2 atom stereocenters. The fourth-order valence-corrected chi connectivity index (χ4v) is 2.83. The molecule has 0 spiro atoms. The Morgan fingerprint density at radius 1 is 1.27 bits per heavy atom. The predicted molar refractivity (Wildman–Crippen MR) is 89.6 cm³/mol. The molecule has 114 valence electrons. The number of hydrogen-bond donors (Lipinski definition) is 2. The van der Waals surface area contributed by atoms with Crippen molar-refractivity contribution >= 4 is 29.4 Å².